The summed E-state index contributed by atoms with van der Waals surface area (Å²) >= 11 is 5.88. The van der Waals surface area contributed by atoms with Gasteiger partial charge in [-0.2, -0.15) is 0 Å². The molecule has 0 unspecified atom stereocenters. The molecule has 1 rings (SSSR count). The molecule has 21 heavy (non-hydrogen) atoms. The SMILES string of the molecule is CCCC(CCC)C(=O)Nc1ccc(S(=O)(=O)Cl)c(Cl)c1. The van der Waals surface area contributed by atoms with E-state index >= 15 is 0 Å². The number of nitrogens with one attached hydrogen (secondary N) is 1. The van der Waals surface area contributed by atoms with Crippen molar-refractivity contribution in [1.82, 2.24) is 0 Å². The van der Waals surface area contributed by atoms with Gasteiger partial charge in [-0.05, 0) is 31.0 Å². The van der Waals surface area contributed by atoms with Crippen molar-refractivity contribution in [1.29, 1.82) is 0 Å². The van der Waals surface area contributed by atoms with Gasteiger partial charge in [-0.25, -0.2) is 8.42 Å². The molecule has 118 valence electrons. The van der Waals surface area contributed by atoms with Crippen LogP contribution in [-0.4, -0.2) is 14.3 Å². The summed E-state index contributed by atoms with van der Waals surface area (Å²) in [5.74, 6) is -0.119. The zero-order valence-corrected chi connectivity index (χ0v) is 14.4. The van der Waals surface area contributed by atoms with Crippen molar-refractivity contribution in [2.24, 2.45) is 5.92 Å². The summed E-state index contributed by atoms with van der Waals surface area (Å²) in [6.07, 6.45) is 3.51. The fourth-order valence-electron chi connectivity index (χ4n) is 2.12. The van der Waals surface area contributed by atoms with Crippen LogP contribution in [0, 0.1) is 5.92 Å². The van der Waals surface area contributed by atoms with Crippen molar-refractivity contribution in [2.75, 3.05) is 5.32 Å². The van der Waals surface area contributed by atoms with E-state index in [4.69, 9.17) is 22.3 Å². The minimum Gasteiger partial charge on any atom is -0.326 e. The maximum atomic E-state index is 12.2. The van der Waals surface area contributed by atoms with Gasteiger partial charge < -0.3 is 5.32 Å². The fraction of sp³-hybridized carbons (Fsp3) is 0.500. The highest BCUT2D eigenvalue weighted by atomic mass is 35.7. The molecule has 0 aliphatic heterocycles. The molecule has 0 aromatic heterocycles. The second-order valence-electron chi connectivity index (χ2n) is 4.85. The van der Waals surface area contributed by atoms with Crippen molar-refractivity contribution in [3.8, 4) is 0 Å². The van der Waals surface area contributed by atoms with Gasteiger partial charge in [-0.15, -0.1) is 0 Å². The zero-order chi connectivity index (χ0) is 16.0. The van der Waals surface area contributed by atoms with Crippen molar-refractivity contribution >= 4 is 42.9 Å². The Morgan fingerprint density at radius 2 is 1.81 bits per heavy atom. The van der Waals surface area contributed by atoms with Crippen LogP contribution in [0.4, 0.5) is 5.69 Å². The number of rotatable bonds is 7. The average molecular weight is 352 g/mol. The second kappa shape index (κ2) is 8.01. The number of anilines is 1. The van der Waals surface area contributed by atoms with E-state index in [0.717, 1.165) is 25.7 Å². The highest BCUT2D eigenvalue weighted by molar-refractivity contribution is 8.13. The van der Waals surface area contributed by atoms with Gasteiger partial charge in [-0.3, -0.25) is 4.79 Å². The van der Waals surface area contributed by atoms with Gasteiger partial charge in [0, 0.05) is 22.3 Å². The molecule has 4 nitrogen and oxygen atoms in total. The van der Waals surface area contributed by atoms with Crippen LogP contribution in [0.5, 0.6) is 0 Å². The van der Waals surface area contributed by atoms with Crippen molar-refractivity contribution in [3.63, 3.8) is 0 Å². The van der Waals surface area contributed by atoms with E-state index in [1.165, 1.54) is 18.2 Å². The standard InChI is InChI=1S/C14H19Cl2NO3S/c1-3-5-10(6-4-2)14(18)17-11-7-8-13(12(15)9-11)21(16,19)20/h7-10H,3-6H2,1-2H3,(H,17,18). The Balaban J connectivity index is 2.88. The van der Waals surface area contributed by atoms with Crippen molar-refractivity contribution in [3.05, 3.63) is 23.2 Å². The monoisotopic (exact) mass is 351 g/mol. The first kappa shape index (κ1) is 18.3. The first-order valence-corrected chi connectivity index (χ1v) is 9.53. The molecule has 7 heteroatoms. The Morgan fingerprint density at radius 1 is 1.24 bits per heavy atom. The van der Waals surface area contributed by atoms with Crippen molar-refractivity contribution < 1.29 is 13.2 Å². The molecule has 1 aromatic rings. The molecule has 0 heterocycles. The van der Waals surface area contributed by atoms with Crippen LogP contribution < -0.4 is 5.32 Å². The van der Waals surface area contributed by atoms with Gasteiger partial charge in [0.05, 0.1) is 5.02 Å². The van der Waals surface area contributed by atoms with Gasteiger partial charge in [0.2, 0.25) is 5.91 Å². The predicted octanol–water partition coefficient (Wildman–Crippen LogP) is 4.42. The van der Waals surface area contributed by atoms with Gasteiger partial charge in [-0.1, -0.05) is 38.3 Å². The number of carbonyl (C=O) groups excluding carboxylic acids is 1. The topological polar surface area (TPSA) is 63.2 Å². The molecule has 0 bridgehead atoms. The lowest BCUT2D eigenvalue weighted by molar-refractivity contribution is -0.120. The molecular formula is C14H19Cl2NO3S. The number of hydrogen-bond acceptors (Lipinski definition) is 3. The molecule has 0 saturated heterocycles. The second-order valence-corrected chi connectivity index (χ2v) is 7.79. The Hall–Kier alpha value is -0.780. The smallest absolute Gasteiger partial charge is 0.262 e. The number of hydrogen-bond donors (Lipinski definition) is 1. The minimum atomic E-state index is -3.88. The summed E-state index contributed by atoms with van der Waals surface area (Å²) in [4.78, 5) is 12.0. The molecule has 1 N–H and O–H groups in total. The lowest BCUT2D eigenvalue weighted by Gasteiger charge is -2.15. The third-order valence-electron chi connectivity index (χ3n) is 3.11. The van der Waals surface area contributed by atoms with Gasteiger partial charge in [0.1, 0.15) is 4.90 Å². The highest BCUT2D eigenvalue weighted by Gasteiger charge is 2.19. The molecule has 0 aliphatic carbocycles. The lowest BCUT2D eigenvalue weighted by atomic mass is 9.97. The Kier molecular flexibility index (Phi) is 6.97. The first-order chi connectivity index (χ1) is 9.79. The average Bonchev–Trinajstić information content (AvgIpc) is 2.37. The van der Waals surface area contributed by atoms with Gasteiger partial charge in [0.25, 0.3) is 9.05 Å². The van der Waals surface area contributed by atoms with Gasteiger partial charge >= 0.3 is 0 Å². The molecule has 0 aliphatic rings. The molecule has 0 saturated carbocycles. The maximum Gasteiger partial charge on any atom is 0.262 e. The van der Waals surface area contributed by atoms with E-state index in [1.807, 2.05) is 13.8 Å². The largest absolute Gasteiger partial charge is 0.326 e. The number of benzene rings is 1. The van der Waals surface area contributed by atoms with Crippen LogP contribution in [0.3, 0.4) is 0 Å². The Morgan fingerprint density at radius 3 is 2.24 bits per heavy atom. The Labute approximate surface area is 135 Å². The van der Waals surface area contributed by atoms with E-state index in [0.29, 0.717) is 5.69 Å². The van der Waals surface area contributed by atoms with Crippen LogP contribution in [-0.2, 0) is 13.8 Å². The molecule has 0 fully saturated rings. The summed E-state index contributed by atoms with van der Waals surface area (Å²) in [5.41, 5.74) is 0.464. The van der Waals surface area contributed by atoms with E-state index in [2.05, 4.69) is 5.32 Å². The van der Waals surface area contributed by atoms with Crippen LogP contribution >= 0.6 is 22.3 Å². The van der Waals surface area contributed by atoms with Crippen molar-refractivity contribution in [2.45, 2.75) is 44.4 Å². The Bertz CT molecular complexity index is 596. The molecule has 0 radical (unpaired) electrons. The van der Waals surface area contributed by atoms with Crippen LogP contribution in [0.25, 0.3) is 0 Å². The molecule has 1 aromatic carbocycles. The fourth-order valence-corrected chi connectivity index (χ4v) is 3.65. The highest BCUT2D eigenvalue weighted by Crippen LogP contribution is 2.28. The molecule has 0 atom stereocenters. The van der Waals surface area contributed by atoms with Crippen LogP contribution in [0.1, 0.15) is 39.5 Å². The van der Waals surface area contributed by atoms with Crippen LogP contribution in [0.2, 0.25) is 5.02 Å². The third kappa shape index (κ3) is 5.49. The number of amides is 1. The van der Waals surface area contributed by atoms with Crippen LogP contribution in [0.15, 0.2) is 23.1 Å². The third-order valence-corrected chi connectivity index (χ3v) is 4.91. The maximum absolute atomic E-state index is 12.2. The lowest BCUT2D eigenvalue weighted by Crippen LogP contribution is -2.22. The summed E-state index contributed by atoms with van der Waals surface area (Å²) in [5, 5.41) is 2.76. The minimum absolute atomic E-state index is 0.00895. The molecular weight excluding hydrogens is 333 g/mol. The van der Waals surface area contributed by atoms with Gasteiger partial charge in [0.15, 0.2) is 0 Å². The van der Waals surface area contributed by atoms with E-state index in [-0.39, 0.29) is 21.7 Å². The van der Waals surface area contributed by atoms with E-state index in [1.54, 1.807) is 0 Å². The quantitative estimate of drug-likeness (QED) is 0.739. The predicted molar refractivity (Wildman–Crippen MR) is 86.4 cm³/mol. The molecule has 1 amide bonds. The zero-order valence-electron chi connectivity index (χ0n) is 12.0. The summed E-state index contributed by atoms with van der Waals surface area (Å²) < 4.78 is 22.5. The number of carbonyl (C=O) groups is 1. The first-order valence-electron chi connectivity index (χ1n) is 6.84. The summed E-state index contributed by atoms with van der Waals surface area (Å²) in [7, 11) is 1.37. The summed E-state index contributed by atoms with van der Waals surface area (Å²) in [6.45, 7) is 4.07. The van der Waals surface area contributed by atoms with E-state index in [9.17, 15) is 13.2 Å². The van der Waals surface area contributed by atoms with E-state index < -0.39 is 9.05 Å². The number of halogens is 2. The normalized spacial score (nSPS) is 11.7. The summed E-state index contributed by atoms with van der Waals surface area (Å²) in [6, 6.07) is 4.16. The molecule has 0 spiro atoms.